The lowest BCUT2D eigenvalue weighted by atomic mass is 10.2. The summed E-state index contributed by atoms with van der Waals surface area (Å²) in [5.74, 6) is 2.46. The first-order valence-corrected chi connectivity index (χ1v) is 9.01. The number of sulfone groups is 1. The van der Waals surface area contributed by atoms with Gasteiger partial charge in [0.05, 0.1) is 17.3 Å². The topological polar surface area (TPSA) is 43.4 Å². The Bertz CT molecular complexity index is 472. The molecule has 1 rings (SSSR count). The van der Waals surface area contributed by atoms with Gasteiger partial charge in [0.15, 0.2) is 0 Å². The van der Waals surface area contributed by atoms with Gasteiger partial charge in [0.2, 0.25) is 0 Å². The molecule has 0 aromatic heterocycles. The van der Waals surface area contributed by atoms with Crippen LogP contribution in [0, 0.1) is 0 Å². The Hall–Kier alpha value is -0.200. The smallest absolute Gasteiger partial charge is 0.148 e. The number of thioether (sulfide) groups is 1. The lowest BCUT2D eigenvalue weighted by molar-refractivity contribution is 0.412. The fraction of sp³-hybridized carbons (Fsp3) is 0.455. The zero-order chi connectivity index (χ0) is 12.9. The Kier molecular flexibility index (Phi) is 5.82. The van der Waals surface area contributed by atoms with Gasteiger partial charge >= 0.3 is 0 Å². The van der Waals surface area contributed by atoms with Crippen molar-refractivity contribution in [3.8, 4) is 5.75 Å². The highest BCUT2D eigenvalue weighted by Crippen LogP contribution is 2.27. The standard InChI is InChI=1S/C11H15BrO3S2/c1-15-11-4-3-9(7-10(11)12)8-16-5-6-17(2,13)14/h3-4,7H,5-6,8H2,1-2H3. The van der Waals surface area contributed by atoms with Crippen LogP contribution in [0.25, 0.3) is 0 Å². The van der Waals surface area contributed by atoms with Crippen LogP contribution < -0.4 is 4.74 Å². The second-order valence-electron chi connectivity index (χ2n) is 3.65. The third kappa shape index (κ3) is 5.79. The van der Waals surface area contributed by atoms with Crippen LogP contribution in [0.4, 0.5) is 0 Å². The van der Waals surface area contributed by atoms with Crippen molar-refractivity contribution in [2.45, 2.75) is 5.75 Å². The zero-order valence-corrected chi connectivity index (χ0v) is 13.0. The summed E-state index contributed by atoms with van der Waals surface area (Å²) in [6.45, 7) is 0. The quantitative estimate of drug-likeness (QED) is 0.748. The molecule has 0 radical (unpaired) electrons. The van der Waals surface area contributed by atoms with Crippen molar-refractivity contribution in [3.05, 3.63) is 28.2 Å². The van der Waals surface area contributed by atoms with Crippen molar-refractivity contribution < 1.29 is 13.2 Å². The summed E-state index contributed by atoms with van der Waals surface area (Å²) < 4.78 is 27.9. The predicted molar refractivity (Wildman–Crippen MR) is 76.6 cm³/mol. The van der Waals surface area contributed by atoms with E-state index in [-0.39, 0.29) is 5.75 Å². The summed E-state index contributed by atoms with van der Waals surface area (Å²) in [4.78, 5) is 0. The lowest BCUT2D eigenvalue weighted by Gasteiger charge is -2.06. The molecule has 0 N–H and O–H groups in total. The monoisotopic (exact) mass is 338 g/mol. The summed E-state index contributed by atoms with van der Waals surface area (Å²) in [5, 5.41) is 0. The SMILES string of the molecule is COc1ccc(CSCCS(C)(=O)=O)cc1Br. The zero-order valence-electron chi connectivity index (χ0n) is 9.77. The number of hydrogen-bond acceptors (Lipinski definition) is 4. The van der Waals surface area contributed by atoms with Gasteiger partial charge < -0.3 is 4.74 Å². The molecule has 0 bridgehead atoms. The minimum atomic E-state index is -2.85. The molecule has 0 saturated carbocycles. The maximum atomic E-state index is 10.9. The van der Waals surface area contributed by atoms with E-state index in [1.165, 1.54) is 6.26 Å². The van der Waals surface area contributed by atoms with Gasteiger partial charge in [-0.15, -0.1) is 0 Å². The molecule has 0 atom stereocenters. The van der Waals surface area contributed by atoms with Crippen LogP contribution >= 0.6 is 27.7 Å². The van der Waals surface area contributed by atoms with E-state index < -0.39 is 9.84 Å². The molecule has 0 heterocycles. The number of halogens is 1. The van der Waals surface area contributed by atoms with E-state index >= 15 is 0 Å². The highest BCUT2D eigenvalue weighted by Gasteiger charge is 2.04. The molecule has 0 aliphatic rings. The van der Waals surface area contributed by atoms with E-state index in [0.717, 1.165) is 21.5 Å². The van der Waals surface area contributed by atoms with E-state index in [2.05, 4.69) is 15.9 Å². The van der Waals surface area contributed by atoms with Crippen LogP contribution in [0.2, 0.25) is 0 Å². The van der Waals surface area contributed by atoms with Crippen molar-refractivity contribution in [2.24, 2.45) is 0 Å². The minimum Gasteiger partial charge on any atom is -0.496 e. The fourth-order valence-electron chi connectivity index (χ4n) is 1.20. The van der Waals surface area contributed by atoms with Gasteiger partial charge in [0.1, 0.15) is 15.6 Å². The third-order valence-electron chi connectivity index (χ3n) is 2.08. The Labute approximate surface area is 115 Å². The largest absolute Gasteiger partial charge is 0.496 e. The average Bonchev–Trinajstić information content (AvgIpc) is 2.23. The lowest BCUT2D eigenvalue weighted by Crippen LogP contribution is -2.05. The third-order valence-corrected chi connectivity index (χ3v) is 4.94. The van der Waals surface area contributed by atoms with Crippen LogP contribution in [-0.4, -0.2) is 33.3 Å². The van der Waals surface area contributed by atoms with Crippen LogP contribution in [0.1, 0.15) is 5.56 Å². The molecular formula is C11H15BrO3S2. The molecule has 0 unspecified atom stereocenters. The highest BCUT2D eigenvalue weighted by molar-refractivity contribution is 9.10. The molecule has 96 valence electrons. The molecular weight excluding hydrogens is 324 g/mol. The molecule has 17 heavy (non-hydrogen) atoms. The van der Waals surface area contributed by atoms with Crippen LogP contribution in [0.15, 0.2) is 22.7 Å². The van der Waals surface area contributed by atoms with E-state index in [1.807, 2.05) is 18.2 Å². The van der Waals surface area contributed by atoms with Crippen molar-refractivity contribution in [1.29, 1.82) is 0 Å². The number of methoxy groups -OCH3 is 1. The maximum Gasteiger partial charge on any atom is 0.148 e. The summed E-state index contributed by atoms with van der Waals surface area (Å²) in [5.41, 5.74) is 1.15. The van der Waals surface area contributed by atoms with Gasteiger partial charge in [-0.1, -0.05) is 6.07 Å². The fourth-order valence-corrected chi connectivity index (χ4v) is 4.03. The van der Waals surface area contributed by atoms with Crippen LogP contribution in [0.5, 0.6) is 5.75 Å². The van der Waals surface area contributed by atoms with Gasteiger partial charge in [-0.3, -0.25) is 0 Å². The van der Waals surface area contributed by atoms with Gasteiger partial charge in [-0.05, 0) is 33.6 Å². The number of benzene rings is 1. The van der Waals surface area contributed by atoms with Crippen molar-refractivity contribution >= 4 is 37.5 Å². The molecule has 0 fully saturated rings. The van der Waals surface area contributed by atoms with Crippen LogP contribution in [-0.2, 0) is 15.6 Å². The van der Waals surface area contributed by atoms with Gasteiger partial charge in [0, 0.05) is 17.8 Å². The molecule has 6 heteroatoms. The molecule has 0 amide bonds. The molecule has 0 saturated heterocycles. The summed E-state index contributed by atoms with van der Waals surface area (Å²) >= 11 is 5.03. The minimum absolute atomic E-state index is 0.231. The van der Waals surface area contributed by atoms with Gasteiger partial charge in [0.25, 0.3) is 0 Å². The Morgan fingerprint density at radius 2 is 2.12 bits per heavy atom. The first-order valence-electron chi connectivity index (χ1n) is 5.00. The molecule has 1 aromatic carbocycles. The van der Waals surface area contributed by atoms with E-state index in [9.17, 15) is 8.42 Å². The van der Waals surface area contributed by atoms with Crippen molar-refractivity contribution in [1.82, 2.24) is 0 Å². The number of hydrogen-bond donors (Lipinski definition) is 0. The summed E-state index contributed by atoms with van der Waals surface area (Å²) in [6.07, 6.45) is 1.26. The van der Waals surface area contributed by atoms with E-state index in [1.54, 1.807) is 18.9 Å². The normalized spacial score (nSPS) is 11.5. The maximum absolute atomic E-state index is 10.9. The van der Waals surface area contributed by atoms with Gasteiger partial charge in [-0.25, -0.2) is 8.42 Å². The number of rotatable bonds is 6. The predicted octanol–water partition coefficient (Wildman–Crippen LogP) is 2.74. The van der Waals surface area contributed by atoms with E-state index in [0.29, 0.717) is 5.75 Å². The van der Waals surface area contributed by atoms with Crippen LogP contribution in [0.3, 0.4) is 0 Å². The average molecular weight is 339 g/mol. The van der Waals surface area contributed by atoms with Crippen molar-refractivity contribution in [3.63, 3.8) is 0 Å². The molecule has 0 spiro atoms. The Morgan fingerprint density at radius 1 is 1.41 bits per heavy atom. The molecule has 3 nitrogen and oxygen atoms in total. The highest BCUT2D eigenvalue weighted by atomic mass is 79.9. The summed E-state index contributed by atoms with van der Waals surface area (Å²) in [6, 6.07) is 5.87. The van der Waals surface area contributed by atoms with Crippen molar-refractivity contribution in [2.75, 3.05) is 24.9 Å². The molecule has 0 aliphatic carbocycles. The second kappa shape index (κ2) is 6.66. The first kappa shape index (κ1) is 14.9. The summed E-state index contributed by atoms with van der Waals surface area (Å²) in [7, 11) is -1.22. The number of ether oxygens (including phenoxy) is 1. The molecule has 1 aromatic rings. The Morgan fingerprint density at radius 3 is 2.65 bits per heavy atom. The van der Waals surface area contributed by atoms with Gasteiger partial charge in [-0.2, -0.15) is 11.8 Å². The van der Waals surface area contributed by atoms with E-state index in [4.69, 9.17) is 4.74 Å². The first-order chi connectivity index (χ1) is 7.92. The Balaban J connectivity index is 2.45. The second-order valence-corrected chi connectivity index (χ2v) is 7.87. The molecule has 0 aliphatic heterocycles.